The number of nitrogens with zero attached hydrogens (tertiary/aromatic N) is 2. The van der Waals surface area contributed by atoms with Gasteiger partial charge in [0.1, 0.15) is 5.65 Å². The Kier molecular flexibility index (Phi) is 3.41. The van der Waals surface area contributed by atoms with Crippen LogP contribution >= 0.6 is 11.6 Å². The topological polar surface area (TPSA) is 34.9 Å². The number of alkyl halides is 3. The van der Waals surface area contributed by atoms with Gasteiger partial charge in [-0.2, -0.15) is 13.2 Å². The van der Waals surface area contributed by atoms with Gasteiger partial charge in [0.15, 0.2) is 6.29 Å². The average Bonchev–Trinajstić information content (AvgIpc) is 2.88. The summed E-state index contributed by atoms with van der Waals surface area (Å²) in [6.45, 7) is 0. The Balaban J connectivity index is 2.37. The number of halogens is 4. The number of benzene rings is 1. The summed E-state index contributed by atoms with van der Waals surface area (Å²) in [5.74, 6) is 0. The Bertz CT molecular complexity index is 871. The smallest absolute Gasteiger partial charge is 0.300 e. The van der Waals surface area contributed by atoms with Gasteiger partial charge in [-0.15, -0.1) is 0 Å². The van der Waals surface area contributed by atoms with Gasteiger partial charge in [-0.3, -0.25) is 9.36 Å². The van der Waals surface area contributed by atoms with E-state index < -0.39 is 11.7 Å². The second-order valence-corrected chi connectivity index (χ2v) is 5.05. The first-order valence-corrected chi connectivity index (χ1v) is 6.58. The van der Waals surface area contributed by atoms with Crippen molar-refractivity contribution in [2.24, 2.45) is 0 Å². The number of aromatic nitrogens is 2. The zero-order valence-electron chi connectivity index (χ0n) is 10.9. The van der Waals surface area contributed by atoms with E-state index in [1.165, 1.54) is 29.1 Å². The Morgan fingerprint density at radius 3 is 2.68 bits per heavy atom. The average molecular weight is 325 g/mol. The highest BCUT2D eigenvalue weighted by molar-refractivity contribution is 6.31. The van der Waals surface area contributed by atoms with Crippen LogP contribution in [0.4, 0.5) is 13.2 Å². The van der Waals surface area contributed by atoms with Gasteiger partial charge >= 0.3 is 6.18 Å². The minimum atomic E-state index is -4.59. The van der Waals surface area contributed by atoms with Crippen molar-refractivity contribution in [3.63, 3.8) is 0 Å². The molecule has 3 nitrogen and oxygen atoms in total. The molecule has 3 aromatic rings. The second-order valence-electron chi connectivity index (χ2n) is 4.61. The lowest BCUT2D eigenvalue weighted by Gasteiger charge is -2.16. The number of aldehydes is 1. The molecule has 0 atom stereocenters. The molecule has 0 aliphatic heterocycles. The first-order valence-electron chi connectivity index (χ1n) is 6.20. The second kappa shape index (κ2) is 5.14. The predicted molar refractivity (Wildman–Crippen MR) is 76.5 cm³/mol. The molecule has 0 amide bonds. The monoisotopic (exact) mass is 324 g/mol. The quantitative estimate of drug-likeness (QED) is 0.650. The Labute approximate surface area is 128 Å². The molecule has 22 heavy (non-hydrogen) atoms. The third-order valence-corrected chi connectivity index (χ3v) is 3.44. The van der Waals surface area contributed by atoms with Crippen LogP contribution in [0.2, 0.25) is 5.02 Å². The van der Waals surface area contributed by atoms with Crippen LogP contribution in [0.3, 0.4) is 0 Å². The van der Waals surface area contributed by atoms with Crippen molar-refractivity contribution in [2.75, 3.05) is 0 Å². The van der Waals surface area contributed by atoms with E-state index in [9.17, 15) is 18.0 Å². The summed E-state index contributed by atoms with van der Waals surface area (Å²) < 4.78 is 41.0. The molecular formula is C15H8ClF3N2O. The van der Waals surface area contributed by atoms with E-state index in [1.54, 1.807) is 12.1 Å². The Morgan fingerprint density at radius 1 is 1.23 bits per heavy atom. The fourth-order valence-corrected chi connectivity index (χ4v) is 2.50. The molecule has 0 bridgehead atoms. The molecule has 112 valence electrons. The summed E-state index contributed by atoms with van der Waals surface area (Å²) in [6.07, 6.45) is -1.41. The summed E-state index contributed by atoms with van der Waals surface area (Å²) in [7, 11) is 0. The highest BCUT2D eigenvalue weighted by Crippen LogP contribution is 2.36. The minimum Gasteiger partial charge on any atom is -0.300 e. The summed E-state index contributed by atoms with van der Waals surface area (Å²) in [5.41, 5.74) is -0.908. The molecule has 2 aromatic heterocycles. The third-order valence-electron chi connectivity index (χ3n) is 3.23. The molecule has 3 rings (SSSR count). The van der Waals surface area contributed by atoms with Gasteiger partial charge in [-0.05, 0) is 24.3 Å². The number of hydrogen-bond acceptors (Lipinski definition) is 2. The maximum atomic E-state index is 13.3. The first kappa shape index (κ1) is 14.6. The van der Waals surface area contributed by atoms with Crippen LogP contribution in [0.15, 0.2) is 42.7 Å². The molecule has 0 spiro atoms. The van der Waals surface area contributed by atoms with Crippen molar-refractivity contribution < 1.29 is 18.0 Å². The Hall–Kier alpha value is -2.34. The first-order chi connectivity index (χ1) is 10.4. The van der Waals surface area contributed by atoms with E-state index in [0.29, 0.717) is 22.3 Å². The molecule has 0 aliphatic rings. The highest BCUT2D eigenvalue weighted by atomic mass is 35.5. The lowest BCUT2D eigenvalue weighted by Crippen LogP contribution is -2.12. The van der Waals surface area contributed by atoms with Crippen molar-refractivity contribution >= 4 is 28.9 Å². The van der Waals surface area contributed by atoms with Gasteiger partial charge in [0.05, 0.1) is 16.3 Å². The van der Waals surface area contributed by atoms with E-state index in [-0.39, 0.29) is 11.3 Å². The van der Waals surface area contributed by atoms with Gasteiger partial charge in [0.2, 0.25) is 0 Å². The lowest BCUT2D eigenvalue weighted by atomic mass is 10.1. The van der Waals surface area contributed by atoms with Crippen LogP contribution in [0.25, 0.3) is 16.7 Å². The van der Waals surface area contributed by atoms with Crippen LogP contribution < -0.4 is 0 Å². The summed E-state index contributed by atoms with van der Waals surface area (Å²) in [5, 5.41) is 0.964. The highest BCUT2D eigenvalue weighted by Gasteiger charge is 2.35. The molecule has 0 saturated carbocycles. The number of rotatable bonds is 2. The zero-order chi connectivity index (χ0) is 15.9. The largest absolute Gasteiger partial charge is 0.418 e. The molecule has 0 aliphatic carbocycles. The molecule has 1 aromatic carbocycles. The number of fused-ring (bicyclic) bond motifs is 1. The SMILES string of the molecule is O=Cc1cccc(C(F)(F)F)c1-n1ccc2cc(Cl)cnc21. The van der Waals surface area contributed by atoms with Crippen LogP contribution in [0, 0.1) is 0 Å². The molecular weight excluding hydrogens is 317 g/mol. The van der Waals surface area contributed by atoms with Crippen LogP contribution in [0.5, 0.6) is 0 Å². The van der Waals surface area contributed by atoms with E-state index in [2.05, 4.69) is 4.98 Å². The van der Waals surface area contributed by atoms with Gasteiger partial charge in [0, 0.05) is 23.3 Å². The fourth-order valence-electron chi connectivity index (χ4n) is 2.33. The maximum Gasteiger partial charge on any atom is 0.418 e. The summed E-state index contributed by atoms with van der Waals surface area (Å²) in [4.78, 5) is 15.2. The van der Waals surface area contributed by atoms with Crippen molar-refractivity contribution in [3.8, 4) is 5.69 Å². The van der Waals surface area contributed by atoms with Gasteiger partial charge < -0.3 is 0 Å². The number of hydrogen-bond donors (Lipinski definition) is 0. The Morgan fingerprint density at radius 2 is 2.00 bits per heavy atom. The molecule has 2 heterocycles. The minimum absolute atomic E-state index is 0.0657. The normalized spacial score (nSPS) is 11.8. The summed E-state index contributed by atoms with van der Waals surface area (Å²) >= 11 is 5.83. The number of para-hydroxylation sites is 1. The molecule has 7 heteroatoms. The lowest BCUT2D eigenvalue weighted by molar-refractivity contribution is -0.137. The van der Waals surface area contributed by atoms with E-state index in [1.807, 2.05) is 0 Å². The van der Waals surface area contributed by atoms with Crippen LogP contribution in [-0.2, 0) is 6.18 Å². The molecule has 0 unspecified atom stereocenters. The summed E-state index contributed by atoms with van der Waals surface area (Å²) in [6, 6.07) is 6.66. The zero-order valence-corrected chi connectivity index (χ0v) is 11.7. The maximum absolute atomic E-state index is 13.3. The van der Waals surface area contributed by atoms with E-state index in [0.717, 1.165) is 6.07 Å². The van der Waals surface area contributed by atoms with Crippen molar-refractivity contribution in [2.45, 2.75) is 6.18 Å². The molecule has 0 saturated heterocycles. The van der Waals surface area contributed by atoms with Gasteiger partial charge in [0.25, 0.3) is 0 Å². The standard InChI is InChI=1S/C15H8ClF3N2O/c16-11-6-9-4-5-21(14(9)20-7-11)13-10(8-22)2-1-3-12(13)15(17,18)19/h1-8H. The van der Waals surface area contributed by atoms with Crippen LogP contribution in [-0.4, -0.2) is 15.8 Å². The van der Waals surface area contributed by atoms with Gasteiger partial charge in [-0.1, -0.05) is 17.7 Å². The predicted octanol–water partition coefficient (Wildman–Crippen LogP) is 4.51. The molecule has 0 radical (unpaired) electrons. The van der Waals surface area contributed by atoms with E-state index in [4.69, 9.17) is 11.6 Å². The number of carbonyl (C=O) groups excluding carboxylic acids is 1. The van der Waals surface area contributed by atoms with E-state index >= 15 is 0 Å². The fraction of sp³-hybridized carbons (Fsp3) is 0.0667. The van der Waals surface area contributed by atoms with Crippen molar-refractivity contribution in [1.82, 2.24) is 9.55 Å². The van der Waals surface area contributed by atoms with Gasteiger partial charge in [-0.25, -0.2) is 4.98 Å². The number of pyridine rings is 1. The molecule has 0 fully saturated rings. The molecule has 0 N–H and O–H groups in total. The van der Waals surface area contributed by atoms with Crippen molar-refractivity contribution in [3.05, 3.63) is 58.9 Å². The van der Waals surface area contributed by atoms with Crippen LogP contribution in [0.1, 0.15) is 15.9 Å². The number of carbonyl (C=O) groups is 1. The third kappa shape index (κ3) is 2.35. The van der Waals surface area contributed by atoms with Crippen molar-refractivity contribution in [1.29, 1.82) is 0 Å².